The maximum Gasteiger partial charge on any atom is 0.312 e. The molecule has 4 rings (SSSR count). The highest BCUT2D eigenvalue weighted by molar-refractivity contribution is 6.11. The number of carbonyl (C=O) groups excluding carboxylic acids is 2. The first-order chi connectivity index (χ1) is 15.9. The summed E-state index contributed by atoms with van der Waals surface area (Å²) in [5, 5.41) is 11.1. The Morgan fingerprint density at radius 2 is 1.88 bits per heavy atom. The second-order valence-electron chi connectivity index (χ2n) is 7.96. The van der Waals surface area contributed by atoms with Gasteiger partial charge in [-0.1, -0.05) is 43.0 Å². The van der Waals surface area contributed by atoms with Gasteiger partial charge in [0, 0.05) is 17.0 Å². The highest BCUT2D eigenvalue weighted by atomic mass is 16.5. The molecule has 6 heteroatoms. The lowest BCUT2D eigenvalue weighted by Gasteiger charge is -2.27. The molecule has 168 valence electrons. The fourth-order valence-electron chi connectivity index (χ4n) is 3.88. The first-order valence-electron chi connectivity index (χ1n) is 10.5. The zero-order chi connectivity index (χ0) is 23.5. The maximum absolute atomic E-state index is 13.0. The largest absolute Gasteiger partial charge is 0.507 e. The van der Waals surface area contributed by atoms with Crippen molar-refractivity contribution in [2.45, 2.75) is 19.3 Å². The summed E-state index contributed by atoms with van der Waals surface area (Å²) >= 11 is 0. The lowest BCUT2D eigenvalue weighted by Crippen LogP contribution is -2.22. The van der Waals surface area contributed by atoms with Crippen LogP contribution in [0.25, 0.3) is 0 Å². The van der Waals surface area contributed by atoms with Crippen molar-refractivity contribution in [1.29, 1.82) is 0 Å². The third-order valence-corrected chi connectivity index (χ3v) is 5.46. The number of benzene rings is 3. The van der Waals surface area contributed by atoms with Crippen LogP contribution in [0.4, 0.5) is 0 Å². The molecule has 0 fully saturated rings. The van der Waals surface area contributed by atoms with Crippen molar-refractivity contribution in [2.75, 3.05) is 13.7 Å². The van der Waals surface area contributed by atoms with Crippen molar-refractivity contribution < 1.29 is 28.9 Å². The molecule has 0 saturated heterocycles. The standard InChI is InChI=1S/C27H24O6/c1-16(2)15-32-21-11-9-18(13-23(21)31-3)20-14-24(28)33-22-12-10-19(27(30)25(20)22)26(29)17-7-5-4-6-8-17/h4-13,20,30H,1,14-15H2,2-3H3/t20-/m0/s1. The summed E-state index contributed by atoms with van der Waals surface area (Å²) in [4.78, 5) is 25.3. The van der Waals surface area contributed by atoms with Gasteiger partial charge in [0.15, 0.2) is 17.3 Å². The Hall–Kier alpha value is -4.06. The van der Waals surface area contributed by atoms with Crippen LogP contribution in [0, 0.1) is 0 Å². The number of esters is 1. The topological polar surface area (TPSA) is 82.1 Å². The van der Waals surface area contributed by atoms with Crippen LogP contribution in [0.1, 0.15) is 46.3 Å². The molecular weight excluding hydrogens is 420 g/mol. The molecule has 0 radical (unpaired) electrons. The van der Waals surface area contributed by atoms with E-state index >= 15 is 0 Å². The molecule has 0 unspecified atom stereocenters. The second kappa shape index (κ2) is 9.20. The molecule has 1 aliphatic rings. The molecule has 0 bridgehead atoms. The highest BCUT2D eigenvalue weighted by Gasteiger charge is 2.34. The molecule has 0 spiro atoms. The lowest BCUT2D eigenvalue weighted by atomic mass is 9.84. The predicted octanol–water partition coefficient (Wildman–Crippen LogP) is 5.03. The smallest absolute Gasteiger partial charge is 0.312 e. The summed E-state index contributed by atoms with van der Waals surface area (Å²) in [7, 11) is 1.53. The third kappa shape index (κ3) is 4.46. The molecule has 33 heavy (non-hydrogen) atoms. The van der Waals surface area contributed by atoms with Gasteiger partial charge in [0.1, 0.15) is 18.1 Å². The van der Waals surface area contributed by atoms with Crippen LogP contribution in [0.2, 0.25) is 0 Å². The van der Waals surface area contributed by atoms with Gasteiger partial charge < -0.3 is 19.3 Å². The molecule has 3 aromatic rings. The van der Waals surface area contributed by atoms with Crippen LogP contribution in [0.15, 0.2) is 72.8 Å². The van der Waals surface area contributed by atoms with Crippen molar-refractivity contribution in [1.82, 2.24) is 0 Å². The van der Waals surface area contributed by atoms with Gasteiger partial charge in [0.25, 0.3) is 0 Å². The van der Waals surface area contributed by atoms with E-state index in [0.29, 0.717) is 29.2 Å². The summed E-state index contributed by atoms with van der Waals surface area (Å²) in [5.41, 5.74) is 2.60. The average Bonchev–Trinajstić information content (AvgIpc) is 2.82. The average molecular weight is 444 g/mol. The van der Waals surface area contributed by atoms with E-state index in [1.165, 1.54) is 13.2 Å². The minimum Gasteiger partial charge on any atom is -0.507 e. The molecular formula is C27H24O6. The summed E-state index contributed by atoms with van der Waals surface area (Å²) in [6.45, 7) is 6.04. The van der Waals surface area contributed by atoms with Gasteiger partial charge in [-0.3, -0.25) is 9.59 Å². The number of methoxy groups -OCH3 is 1. The number of rotatable bonds is 7. The van der Waals surface area contributed by atoms with Crippen molar-refractivity contribution in [3.8, 4) is 23.0 Å². The molecule has 1 aliphatic heterocycles. The van der Waals surface area contributed by atoms with E-state index in [2.05, 4.69) is 6.58 Å². The number of phenols is 1. The second-order valence-corrected chi connectivity index (χ2v) is 7.96. The van der Waals surface area contributed by atoms with Gasteiger partial charge in [0.2, 0.25) is 0 Å². The van der Waals surface area contributed by atoms with E-state index in [-0.39, 0.29) is 29.3 Å². The molecule has 1 N–H and O–H groups in total. The number of hydrogen-bond acceptors (Lipinski definition) is 6. The van der Waals surface area contributed by atoms with Crippen molar-refractivity contribution in [3.05, 3.63) is 95.1 Å². The molecule has 0 aromatic heterocycles. The summed E-state index contributed by atoms with van der Waals surface area (Å²) < 4.78 is 16.6. The van der Waals surface area contributed by atoms with Gasteiger partial charge in [0.05, 0.1) is 19.1 Å². The summed E-state index contributed by atoms with van der Waals surface area (Å²) in [6.07, 6.45) is 0.0126. The molecule has 0 amide bonds. The number of ketones is 1. The van der Waals surface area contributed by atoms with Crippen molar-refractivity contribution >= 4 is 11.8 Å². The molecule has 6 nitrogen and oxygen atoms in total. The molecule has 1 atom stereocenters. The summed E-state index contributed by atoms with van der Waals surface area (Å²) in [6, 6.07) is 17.1. The fourth-order valence-corrected chi connectivity index (χ4v) is 3.88. The minimum atomic E-state index is -0.520. The zero-order valence-corrected chi connectivity index (χ0v) is 18.5. The van der Waals surface area contributed by atoms with Crippen LogP contribution >= 0.6 is 0 Å². The van der Waals surface area contributed by atoms with Gasteiger partial charge >= 0.3 is 5.97 Å². The predicted molar refractivity (Wildman–Crippen MR) is 123 cm³/mol. The SMILES string of the molecule is C=C(C)COc1ccc([C@@H]2CC(=O)Oc3ccc(C(=O)c4ccccc4)c(O)c32)cc1OC. The third-order valence-electron chi connectivity index (χ3n) is 5.46. The fraction of sp³-hybridized carbons (Fsp3) is 0.185. The van der Waals surface area contributed by atoms with E-state index in [1.54, 1.807) is 42.5 Å². The van der Waals surface area contributed by atoms with Gasteiger partial charge in [-0.15, -0.1) is 0 Å². The quantitative estimate of drug-likeness (QED) is 0.238. The minimum absolute atomic E-state index is 0.0126. The molecule has 0 saturated carbocycles. The Labute approximate surface area is 192 Å². The van der Waals surface area contributed by atoms with E-state index in [9.17, 15) is 14.7 Å². The van der Waals surface area contributed by atoms with Crippen LogP contribution in [-0.4, -0.2) is 30.6 Å². The summed E-state index contributed by atoms with van der Waals surface area (Å²) in [5.74, 6) is -0.178. The van der Waals surface area contributed by atoms with Gasteiger partial charge in [-0.05, 0) is 42.3 Å². The van der Waals surface area contributed by atoms with E-state index in [1.807, 2.05) is 19.1 Å². The first-order valence-corrected chi connectivity index (χ1v) is 10.5. The van der Waals surface area contributed by atoms with Crippen LogP contribution in [0.5, 0.6) is 23.0 Å². The van der Waals surface area contributed by atoms with Gasteiger partial charge in [-0.2, -0.15) is 0 Å². The normalized spacial score (nSPS) is 14.7. The monoisotopic (exact) mass is 444 g/mol. The van der Waals surface area contributed by atoms with Crippen molar-refractivity contribution in [2.24, 2.45) is 0 Å². The highest BCUT2D eigenvalue weighted by Crippen LogP contribution is 2.46. The number of fused-ring (bicyclic) bond motifs is 1. The Balaban J connectivity index is 1.77. The molecule has 0 aliphatic carbocycles. The van der Waals surface area contributed by atoms with E-state index < -0.39 is 11.9 Å². The number of carbonyl (C=O) groups is 2. The number of hydrogen-bond donors (Lipinski definition) is 1. The van der Waals surface area contributed by atoms with Crippen LogP contribution < -0.4 is 14.2 Å². The molecule has 1 heterocycles. The van der Waals surface area contributed by atoms with E-state index in [0.717, 1.165) is 11.1 Å². The Morgan fingerprint density at radius 3 is 2.58 bits per heavy atom. The Morgan fingerprint density at radius 1 is 1.12 bits per heavy atom. The Bertz CT molecular complexity index is 1230. The molecule has 3 aromatic carbocycles. The van der Waals surface area contributed by atoms with E-state index in [4.69, 9.17) is 14.2 Å². The number of aromatic hydroxyl groups is 1. The maximum atomic E-state index is 13.0. The van der Waals surface area contributed by atoms with Gasteiger partial charge in [-0.25, -0.2) is 0 Å². The number of ether oxygens (including phenoxy) is 3. The number of phenolic OH excluding ortho intramolecular Hbond substituents is 1. The van der Waals surface area contributed by atoms with Crippen molar-refractivity contribution in [3.63, 3.8) is 0 Å². The zero-order valence-electron chi connectivity index (χ0n) is 18.5. The first kappa shape index (κ1) is 22.1. The van der Waals surface area contributed by atoms with Crippen LogP contribution in [-0.2, 0) is 4.79 Å². The Kier molecular flexibility index (Phi) is 6.18. The van der Waals surface area contributed by atoms with Crippen LogP contribution in [0.3, 0.4) is 0 Å². The lowest BCUT2D eigenvalue weighted by molar-refractivity contribution is -0.135.